The molecule has 78 valence electrons. The summed E-state index contributed by atoms with van der Waals surface area (Å²) in [6, 6.07) is 0.547. The molecule has 0 aromatic rings. The van der Waals surface area contributed by atoms with Gasteiger partial charge < -0.3 is 15.2 Å². The highest BCUT2D eigenvalue weighted by molar-refractivity contribution is 4.75. The van der Waals surface area contributed by atoms with Crippen molar-refractivity contribution >= 4 is 0 Å². The van der Waals surface area contributed by atoms with E-state index in [1.165, 1.54) is 0 Å². The summed E-state index contributed by atoms with van der Waals surface area (Å²) < 4.78 is 17.2. The van der Waals surface area contributed by atoms with Gasteiger partial charge in [0.2, 0.25) is 0 Å². The van der Waals surface area contributed by atoms with Crippen molar-refractivity contribution < 1.29 is 14.2 Å². The maximum Gasteiger partial charge on any atom is 0.118 e. The third-order valence-electron chi connectivity index (χ3n) is 2.32. The highest BCUT2D eigenvalue weighted by Gasteiger charge is 2.18. The van der Waals surface area contributed by atoms with Crippen LogP contribution in [-0.4, -0.2) is 43.2 Å². The van der Waals surface area contributed by atoms with Gasteiger partial charge in [0.05, 0.1) is 12.7 Å². The van der Waals surface area contributed by atoms with Crippen molar-refractivity contribution in [1.82, 2.24) is 5.32 Å². The monoisotopic (exact) mass is 191 g/mol. The van der Waals surface area contributed by atoms with Crippen LogP contribution in [0.4, 0.5) is 4.39 Å². The molecule has 13 heavy (non-hydrogen) atoms. The van der Waals surface area contributed by atoms with Gasteiger partial charge in [-0.05, 0) is 19.8 Å². The zero-order valence-corrected chi connectivity index (χ0v) is 8.00. The molecule has 0 bridgehead atoms. The number of alkyl halides is 1. The van der Waals surface area contributed by atoms with Crippen LogP contribution in [0.5, 0.6) is 0 Å². The first-order valence-corrected chi connectivity index (χ1v) is 4.81. The molecule has 2 N–H and O–H groups in total. The minimum Gasteiger partial charge on any atom is -0.388 e. The number of aliphatic hydroxyl groups excluding tert-OH is 1. The van der Waals surface area contributed by atoms with Crippen molar-refractivity contribution in [3.05, 3.63) is 0 Å². The van der Waals surface area contributed by atoms with Gasteiger partial charge in [-0.25, -0.2) is 4.39 Å². The Balaban J connectivity index is 2.08. The lowest BCUT2D eigenvalue weighted by Crippen LogP contribution is -2.41. The molecule has 0 amide bonds. The molecule has 1 aliphatic heterocycles. The van der Waals surface area contributed by atoms with Crippen LogP contribution in [0.2, 0.25) is 0 Å². The molecule has 3 atom stereocenters. The van der Waals surface area contributed by atoms with Crippen LogP contribution in [0.15, 0.2) is 0 Å². The van der Waals surface area contributed by atoms with E-state index in [-0.39, 0.29) is 12.7 Å². The van der Waals surface area contributed by atoms with E-state index in [1.54, 1.807) is 0 Å². The number of hydrogen-bond donors (Lipinski definition) is 2. The lowest BCUT2D eigenvalue weighted by Gasteiger charge is -2.28. The second-order valence-corrected chi connectivity index (χ2v) is 3.65. The topological polar surface area (TPSA) is 41.5 Å². The first-order valence-electron chi connectivity index (χ1n) is 4.81. The smallest absolute Gasteiger partial charge is 0.118 e. The van der Waals surface area contributed by atoms with Gasteiger partial charge in [-0.15, -0.1) is 0 Å². The van der Waals surface area contributed by atoms with Crippen molar-refractivity contribution in [2.75, 3.05) is 19.8 Å². The quantitative estimate of drug-likeness (QED) is 0.679. The predicted molar refractivity (Wildman–Crippen MR) is 48.4 cm³/mol. The highest BCUT2D eigenvalue weighted by Crippen LogP contribution is 2.10. The van der Waals surface area contributed by atoms with E-state index in [2.05, 4.69) is 12.2 Å². The van der Waals surface area contributed by atoms with Crippen molar-refractivity contribution in [3.63, 3.8) is 0 Å². The van der Waals surface area contributed by atoms with E-state index in [0.29, 0.717) is 6.04 Å². The molecule has 0 aromatic carbocycles. The van der Waals surface area contributed by atoms with Gasteiger partial charge >= 0.3 is 0 Å². The third kappa shape index (κ3) is 4.02. The van der Waals surface area contributed by atoms with E-state index in [1.807, 2.05) is 0 Å². The van der Waals surface area contributed by atoms with Crippen molar-refractivity contribution in [1.29, 1.82) is 0 Å². The SMILES string of the molecule is CC1CCC(OCC(O)CF)CN1. The molecule has 1 aliphatic rings. The zero-order valence-electron chi connectivity index (χ0n) is 8.00. The van der Waals surface area contributed by atoms with Gasteiger partial charge in [-0.1, -0.05) is 0 Å². The number of aliphatic hydroxyl groups is 1. The molecule has 1 saturated heterocycles. The summed E-state index contributed by atoms with van der Waals surface area (Å²) in [6.07, 6.45) is 1.25. The first-order chi connectivity index (χ1) is 6.22. The van der Waals surface area contributed by atoms with Gasteiger partial charge in [0, 0.05) is 12.6 Å². The van der Waals surface area contributed by atoms with E-state index in [9.17, 15) is 4.39 Å². The van der Waals surface area contributed by atoms with Crippen LogP contribution in [-0.2, 0) is 4.74 Å². The van der Waals surface area contributed by atoms with E-state index in [0.717, 1.165) is 19.4 Å². The summed E-state index contributed by atoms with van der Waals surface area (Å²) >= 11 is 0. The Kier molecular flexibility index (Phi) is 4.62. The van der Waals surface area contributed by atoms with E-state index < -0.39 is 12.8 Å². The second kappa shape index (κ2) is 5.52. The molecule has 0 spiro atoms. The number of hydrogen-bond acceptors (Lipinski definition) is 3. The molecule has 0 saturated carbocycles. The molecule has 0 radical (unpaired) electrons. The molecule has 0 aliphatic carbocycles. The Labute approximate surface area is 78.3 Å². The average molecular weight is 191 g/mol. The Morgan fingerprint density at radius 2 is 2.38 bits per heavy atom. The van der Waals surface area contributed by atoms with E-state index in [4.69, 9.17) is 9.84 Å². The summed E-state index contributed by atoms with van der Waals surface area (Å²) in [5.41, 5.74) is 0. The fourth-order valence-electron chi connectivity index (χ4n) is 1.41. The molecule has 1 rings (SSSR count). The predicted octanol–water partition coefficient (Wildman–Crippen LogP) is 0.474. The summed E-state index contributed by atoms with van der Waals surface area (Å²) in [4.78, 5) is 0. The van der Waals surface area contributed by atoms with E-state index >= 15 is 0 Å². The van der Waals surface area contributed by atoms with Crippen LogP contribution >= 0.6 is 0 Å². The molecule has 4 heteroatoms. The molecule has 3 unspecified atom stereocenters. The highest BCUT2D eigenvalue weighted by atomic mass is 19.1. The number of piperidine rings is 1. The lowest BCUT2D eigenvalue weighted by molar-refractivity contribution is -0.0278. The summed E-state index contributed by atoms with van der Waals surface area (Å²) in [5, 5.41) is 12.2. The molecule has 1 heterocycles. The lowest BCUT2D eigenvalue weighted by atomic mass is 10.0. The van der Waals surface area contributed by atoms with Gasteiger partial charge in [0.1, 0.15) is 12.8 Å². The van der Waals surface area contributed by atoms with Crippen LogP contribution < -0.4 is 5.32 Å². The first kappa shape index (κ1) is 10.9. The number of nitrogens with one attached hydrogen (secondary N) is 1. The molecule has 1 fully saturated rings. The Hall–Kier alpha value is -0.190. The average Bonchev–Trinajstić information content (AvgIpc) is 2.16. The van der Waals surface area contributed by atoms with Gasteiger partial charge in [0.25, 0.3) is 0 Å². The molecular formula is C9H18FNO2. The van der Waals surface area contributed by atoms with Crippen LogP contribution in [0.1, 0.15) is 19.8 Å². The minimum atomic E-state index is -0.959. The van der Waals surface area contributed by atoms with Crippen molar-refractivity contribution in [3.8, 4) is 0 Å². The largest absolute Gasteiger partial charge is 0.388 e. The van der Waals surface area contributed by atoms with Crippen LogP contribution in [0.3, 0.4) is 0 Å². The molecule has 3 nitrogen and oxygen atoms in total. The summed E-state index contributed by atoms with van der Waals surface area (Å²) in [7, 11) is 0. The number of halogens is 1. The fraction of sp³-hybridized carbons (Fsp3) is 1.00. The Morgan fingerprint density at radius 1 is 1.62 bits per heavy atom. The maximum absolute atomic E-state index is 11.9. The van der Waals surface area contributed by atoms with Crippen LogP contribution in [0.25, 0.3) is 0 Å². The number of rotatable bonds is 4. The van der Waals surface area contributed by atoms with Gasteiger partial charge in [-0.3, -0.25) is 0 Å². The summed E-state index contributed by atoms with van der Waals surface area (Å²) in [5.74, 6) is 0. The van der Waals surface area contributed by atoms with Crippen LogP contribution in [0, 0.1) is 0 Å². The fourth-order valence-corrected chi connectivity index (χ4v) is 1.41. The Morgan fingerprint density at radius 3 is 2.92 bits per heavy atom. The normalized spacial score (nSPS) is 31.6. The standard InChI is InChI=1S/C9H18FNO2/c1-7-2-3-9(5-11-7)13-6-8(12)4-10/h7-9,11-12H,2-6H2,1H3. The maximum atomic E-state index is 11.9. The van der Waals surface area contributed by atoms with Crippen molar-refractivity contribution in [2.45, 2.75) is 38.0 Å². The second-order valence-electron chi connectivity index (χ2n) is 3.65. The third-order valence-corrected chi connectivity index (χ3v) is 2.32. The molecule has 0 aromatic heterocycles. The number of ether oxygens (including phenoxy) is 1. The molecular weight excluding hydrogens is 173 g/mol. The zero-order chi connectivity index (χ0) is 9.68. The Bertz CT molecular complexity index is 138. The van der Waals surface area contributed by atoms with Gasteiger partial charge in [0.15, 0.2) is 0 Å². The summed E-state index contributed by atoms with van der Waals surface area (Å²) in [6.45, 7) is 2.32. The van der Waals surface area contributed by atoms with Crippen molar-refractivity contribution in [2.24, 2.45) is 0 Å². The minimum absolute atomic E-state index is 0.108. The van der Waals surface area contributed by atoms with Gasteiger partial charge in [-0.2, -0.15) is 0 Å².